The van der Waals surface area contributed by atoms with E-state index in [4.69, 9.17) is 4.74 Å². The molecule has 8 heteroatoms. The molecule has 1 heterocycles. The first-order valence-electron chi connectivity index (χ1n) is 6.07. The lowest BCUT2D eigenvalue weighted by Crippen LogP contribution is -2.24. The molecule has 2 aromatic rings. The third-order valence-corrected chi connectivity index (χ3v) is 3.38. The Kier molecular flexibility index (Phi) is 4.94. The van der Waals surface area contributed by atoms with Gasteiger partial charge in [-0.1, -0.05) is 11.8 Å². The van der Waals surface area contributed by atoms with Gasteiger partial charge in [-0.05, 0) is 41.6 Å². The van der Waals surface area contributed by atoms with Crippen molar-refractivity contribution >= 4 is 17.7 Å². The molecule has 0 aliphatic carbocycles. The van der Waals surface area contributed by atoms with Crippen molar-refractivity contribution in [2.24, 2.45) is 0 Å². The first kappa shape index (κ1) is 14.3. The van der Waals surface area contributed by atoms with Crippen molar-refractivity contribution in [1.82, 2.24) is 25.5 Å². The van der Waals surface area contributed by atoms with Crippen LogP contribution < -0.4 is 10.1 Å². The fraction of sp³-hybridized carbons (Fsp3) is 0.333. The van der Waals surface area contributed by atoms with E-state index in [2.05, 4.69) is 20.8 Å². The van der Waals surface area contributed by atoms with Gasteiger partial charge in [0, 0.05) is 6.54 Å². The Morgan fingerprint density at radius 1 is 1.40 bits per heavy atom. The summed E-state index contributed by atoms with van der Waals surface area (Å²) in [7, 11) is 1.61. The number of rotatable bonds is 6. The molecule has 1 amide bonds. The summed E-state index contributed by atoms with van der Waals surface area (Å²) in [6.07, 6.45) is 0. The van der Waals surface area contributed by atoms with E-state index < -0.39 is 0 Å². The second-order valence-electron chi connectivity index (χ2n) is 3.81. The molecule has 106 valence electrons. The van der Waals surface area contributed by atoms with Gasteiger partial charge in [0.1, 0.15) is 5.75 Å². The minimum absolute atomic E-state index is 0.0400. The van der Waals surface area contributed by atoms with Crippen LogP contribution in [0.25, 0.3) is 5.69 Å². The minimum Gasteiger partial charge on any atom is -0.497 e. The number of carbonyl (C=O) groups is 1. The van der Waals surface area contributed by atoms with Crippen LogP contribution in [0.1, 0.15) is 6.92 Å². The van der Waals surface area contributed by atoms with Crippen LogP contribution in [0.3, 0.4) is 0 Å². The van der Waals surface area contributed by atoms with Crippen LogP contribution in [0.5, 0.6) is 5.75 Å². The van der Waals surface area contributed by atoms with Gasteiger partial charge in [-0.25, -0.2) is 0 Å². The number of thioether (sulfide) groups is 1. The molecule has 0 unspecified atom stereocenters. The molecule has 0 bridgehead atoms. The Morgan fingerprint density at radius 2 is 2.15 bits per heavy atom. The average molecular weight is 293 g/mol. The van der Waals surface area contributed by atoms with Crippen LogP contribution >= 0.6 is 11.8 Å². The lowest BCUT2D eigenvalue weighted by Gasteiger charge is -2.05. The Balaban J connectivity index is 2.09. The van der Waals surface area contributed by atoms with E-state index in [1.807, 2.05) is 31.2 Å². The zero-order chi connectivity index (χ0) is 14.4. The summed E-state index contributed by atoms with van der Waals surface area (Å²) in [6, 6.07) is 7.36. The van der Waals surface area contributed by atoms with E-state index in [9.17, 15) is 4.79 Å². The van der Waals surface area contributed by atoms with Crippen molar-refractivity contribution in [3.8, 4) is 11.4 Å². The van der Waals surface area contributed by atoms with Gasteiger partial charge in [0.15, 0.2) is 0 Å². The van der Waals surface area contributed by atoms with Crippen molar-refractivity contribution in [3.05, 3.63) is 24.3 Å². The van der Waals surface area contributed by atoms with Crippen LogP contribution in [0.4, 0.5) is 0 Å². The number of nitrogens with one attached hydrogen (secondary N) is 1. The molecule has 7 nitrogen and oxygen atoms in total. The molecule has 0 aliphatic rings. The molecular weight excluding hydrogens is 278 g/mol. The topological polar surface area (TPSA) is 81.9 Å². The minimum atomic E-state index is -0.0400. The number of benzene rings is 1. The fourth-order valence-corrected chi connectivity index (χ4v) is 2.25. The summed E-state index contributed by atoms with van der Waals surface area (Å²) < 4.78 is 6.69. The number of aromatic nitrogens is 4. The van der Waals surface area contributed by atoms with Gasteiger partial charge in [-0.15, -0.1) is 5.10 Å². The smallest absolute Gasteiger partial charge is 0.230 e. The van der Waals surface area contributed by atoms with Gasteiger partial charge in [-0.2, -0.15) is 4.68 Å². The molecule has 0 saturated carbocycles. The van der Waals surface area contributed by atoms with Crippen molar-refractivity contribution in [1.29, 1.82) is 0 Å². The zero-order valence-electron chi connectivity index (χ0n) is 11.2. The fourth-order valence-electron chi connectivity index (χ4n) is 1.53. The Labute approximate surface area is 120 Å². The third kappa shape index (κ3) is 3.47. The predicted octanol–water partition coefficient (Wildman–Crippen LogP) is 0.899. The number of hydrogen-bond donors (Lipinski definition) is 1. The molecule has 1 aromatic heterocycles. The van der Waals surface area contributed by atoms with E-state index in [-0.39, 0.29) is 11.7 Å². The van der Waals surface area contributed by atoms with Crippen molar-refractivity contribution in [3.63, 3.8) is 0 Å². The van der Waals surface area contributed by atoms with Crippen LogP contribution in [0.15, 0.2) is 29.4 Å². The van der Waals surface area contributed by atoms with Crippen molar-refractivity contribution in [2.75, 3.05) is 19.4 Å². The highest BCUT2D eigenvalue weighted by atomic mass is 32.2. The first-order chi connectivity index (χ1) is 9.74. The van der Waals surface area contributed by atoms with Gasteiger partial charge >= 0.3 is 0 Å². The van der Waals surface area contributed by atoms with Gasteiger partial charge < -0.3 is 10.1 Å². The van der Waals surface area contributed by atoms with E-state index in [0.717, 1.165) is 11.4 Å². The number of methoxy groups -OCH3 is 1. The van der Waals surface area contributed by atoms with E-state index in [1.165, 1.54) is 11.8 Å². The van der Waals surface area contributed by atoms with E-state index in [1.54, 1.807) is 11.8 Å². The maximum atomic E-state index is 11.4. The average Bonchev–Trinajstić information content (AvgIpc) is 2.94. The summed E-state index contributed by atoms with van der Waals surface area (Å²) in [6.45, 7) is 2.49. The molecule has 20 heavy (non-hydrogen) atoms. The molecule has 2 rings (SSSR count). The van der Waals surface area contributed by atoms with Gasteiger partial charge in [0.2, 0.25) is 11.1 Å². The number of ether oxygens (including phenoxy) is 1. The van der Waals surface area contributed by atoms with Crippen LogP contribution in [-0.4, -0.2) is 45.5 Å². The Morgan fingerprint density at radius 3 is 2.80 bits per heavy atom. The lowest BCUT2D eigenvalue weighted by molar-refractivity contribution is -0.118. The number of tetrazole rings is 1. The van der Waals surface area contributed by atoms with Crippen molar-refractivity contribution < 1.29 is 9.53 Å². The quantitative estimate of drug-likeness (QED) is 0.797. The standard InChI is InChI=1S/C12H15N5O2S/c1-3-13-11(18)8-20-12-14-15-16-17(12)9-4-6-10(19-2)7-5-9/h4-7H,3,8H2,1-2H3,(H,13,18). The molecule has 1 aromatic carbocycles. The molecular formula is C12H15N5O2S. The molecule has 0 fully saturated rings. The Bertz CT molecular complexity index is 569. The molecule has 1 N–H and O–H groups in total. The number of carbonyl (C=O) groups excluding carboxylic acids is 1. The van der Waals surface area contributed by atoms with Crippen LogP contribution in [-0.2, 0) is 4.79 Å². The summed E-state index contributed by atoms with van der Waals surface area (Å²) >= 11 is 1.29. The van der Waals surface area contributed by atoms with E-state index >= 15 is 0 Å². The maximum Gasteiger partial charge on any atom is 0.230 e. The maximum absolute atomic E-state index is 11.4. The normalized spacial score (nSPS) is 10.3. The highest BCUT2D eigenvalue weighted by Crippen LogP contribution is 2.19. The summed E-state index contributed by atoms with van der Waals surface area (Å²) in [5.74, 6) is 1.00. The summed E-state index contributed by atoms with van der Waals surface area (Å²) in [5.41, 5.74) is 0.814. The number of amides is 1. The second kappa shape index (κ2) is 6.90. The third-order valence-electron chi connectivity index (χ3n) is 2.46. The number of hydrogen-bond acceptors (Lipinski definition) is 6. The molecule has 0 spiro atoms. The van der Waals surface area contributed by atoms with Gasteiger partial charge in [0.05, 0.1) is 18.6 Å². The summed E-state index contributed by atoms with van der Waals surface area (Å²) in [5, 5.41) is 14.8. The van der Waals surface area contributed by atoms with Gasteiger partial charge in [-0.3, -0.25) is 4.79 Å². The lowest BCUT2D eigenvalue weighted by atomic mass is 10.3. The van der Waals surface area contributed by atoms with Crippen LogP contribution in [0.2, 0.25) is 0 Å². The highest BCUT2D eigenvalue weighted by molar-refractivity contribution is 7.99. The highest BCUT2D eigenvalue weighted by Gasteiger charge is 2.11. The Hall–Kier alpha value is -2.09. The van der Waals surface area contributed by atoms with E-state index in [0.29, 0.717) is 11.7 Å². The first-order valence-corrected chi connectivity index (χ1v) is 7.05. The largest absolute Gasteiger partial charge is 0.497 e. The number of nitrogens with zero attached hydrogens (tertiary/aromatic N) is 4. The van der Waals surface area contributed by atoms with Crippen molar-refractivity contribution in [2.45, 2.75) is 12.1 Å². The van der Waals surface area contributed by atoms with Gasteiger partial charge in [0.25, 0.3) is 0 Å². The monoisotopic (exact) mass is 293 g/mol. The van der Waals surface area contributed by atoms with Crippen LogP contribution in [0, 0.1) is 0 Å². The molecule has 0 atom stereocenters. The molecule has 0 saturated heterocycles. The summed E-state index contributed by atoms with van der Waals surface area (Å²) in [4.78, 5) is 11.4. The second-order valence-corrected chi connectivity index (χ2v) is 4.76. The molecule has 0 aliphatic heterocycles. The zero-order valence-corrected chi connectivity index (χ0v) is 12.1. The predicted molar refractivity (Wildman–Crippen MR) is 75.1 cm³/mol. The molecule has 0 radical (unpaired) electrons. The SMILES string of the molecule is CCNC(=O)CSc1nnnn1-c1ccc(OC)cc1.